The standard InChI is InChI=1S/C38H26N8O15S3/c1-18-33(36(48)46(45-18)24-3-2-4-25(16-24)63(54,55)56)43-39-22-6-5-19-14-32(62-61-60-53)34(35(47)28(19)15-22)44-42-31-10-9-30(27-8-7-26(17-29(27)31)64(57,58)59)41-40-23-12-20(37(49)50)11-21(13-23)38(51)52/h2-17,45,47,53H,1H3,(H,49,50)(H,51,52)(H,54,55,56)(H,57,58,59). The van der Waals surface area contributed by atoms with E-state index in [2.05, 4.69) is 45.2 Å². The van der Waals surface area contributed by atoms with Crippen molar-refractivity contribution in [1.29, 1.82) is 0 Å². The van der Waals surface area contributed by atoms with Gasteiger partial charge in [0.15, 0.2) is 11.4 Å². The van der Waals surface area contributed by atoms with Crippen LogP contribution in [0.15, 0.2) is 147 Å². The molecule has 0 bridgehead atoms. The Kier molecular flexibility index (Phi) is 12.3. The van der Waals surface area contributed by atoms with Crippen LogP contribution in [-0.4, -0.2) is 68.2 Å². The van der Waals surface area contributed by atoms with E-state index in [-0.39, 0.29) is 77.7 Å². The number of carbonyl (C=O) groups is 2. The van der Waals surface area contributed by atoms with Crippen LogP contribution >= 0.6 is 12.0 Å². The number of fused-ring (bicyclic) bond motifs is 2. The number of hydrogen-bond acceptors (Lipinski definition) is 18. The van der Waals surface area contributed by atoms with Gasteiger partial charge in [0, 0.05) is 16.2 Å². The lowest BCUT2D eigenvalue weighted by Crippen LogP contribution is -2.14. The maximum Gasteiger partial charge on any atom is 0.335 e. The van der Waals surface area contributed by atoms with E-state index < -0.39 is 53.3 Å². The first-order valence-electron chi connectivity index (χ1n) is 17.6. The van der Waals surface area contributed by atoms with Gasteiger partial charge in [-0.2, -0.15) is 27.1 Å². The van der Waals surface area contributed by atoms with Crippen LogP contribution in [0.5, 0.6) is 5.75 Å². The Hall–Kier alpha value is -7.56. The van der Waals surface area contributed by atoms with Crippen LogP contribution in [0.4, 0.5) is 34.1 Å². The van der Waals surface area contributed by atoms with Crippen molar-refractivity contribution in [2.45, 2.75) is 21.6 Å². The molecule has 0 radical (unpaired) electrons. The molecule has 0 saturated heterocycles. The molecule has 1 heterocycles. The first-order valence-corrected chi connectivity index (χ1v) is 21.2. The number of hydrogen-bond donors (Lipinski definition) is 7. The maximum absolute atomic E-state index is 13.3. The molecular weight excluding hydrogens is 905 g/mol. The van der Waals surface area contributed by atoms with Crippen molar-refractivity contribution >= 4 is 99.9 Å². The van der Waals surface area contributed by atoms with Gasteiger partial charge >= 0.3 is 11.9 Å². The summed E-state index contributed by atoms with van der Waals surface area (Å²) in [6, 6.07) is 20.0. The van der Waals surface area contributed by atoms with Crippen molar-refractivity contribution in [1.82, 2.24) is 9.78 Å². The van der Waals surface area contributed by atoms with Gasteiger partial charge in [-0.05, 0) is 91.2 Å². The Morgan fingerprint density at radius 1 is 0.672 bits per heavy atom. The molecular formula is C38H26N8O15S3. The molecule has 7 N–H and O–H groups in total. The molecule has 64 heavy (non-hydrogen) atoms. The second-order valence-corrected chi connectivity index (χ2v) is 16.8. The van der Waals surface area contributed by atoms with E-state index in [1.54, 1.807) is 0 Å². The fraction of sp³-hybridized carbons (Fsp3) is 0.0263. The predicted octanol–water partition coefficient (Wildman–Crippen LogP) is 9.05. The topological polar surface area (TPSA) is 354 Å². The lowest BCUT2D eigenvalue weighted by molar-refractivity contribution is -0.432. The van der Waals surface area contributed by atoms with Crippen molar-refractivity contribution in [2.75, 3.05) is 0 Å². The van der Waals surface area contributed by atoms with E-state index in [0.29, 0.717) is 17.4 Å². The van der Waals surface area contributed by atoms with Crippen LogP contribution in [0.2, 0.25) is 0 Å². The molecule has 1 aromatic heterocycles. The van der Waals surface area contributed by atoms with Crippen LogP contribution < -0.4 is 5.56 Å². The number of aromatic amines is 1. The second kappa shape index (κ2) is 17.7. The summed E-state index contributed by atoms with van der Waals surface area (Å²) in [4.78, 5) is 35.5. The number of nitrogens with one attached hydrogen (secondary N) is 1. The average molecular weight is 931 g/mol. The number of benzene rings is 6. The number of phenolic OH excluding ortho intramolecular Hbond substituents is 1. The highest BCUT2D eigenvalue weighted by Crippen LogP contribution is 2.46. The molecule has 0 saturated carbocycles. The number of rotatable bonds is 14. The van der Waals surface area contributed by atoms with E-state index >= 15 is 0 Å². The third-order valence-corrected chi connectivity index (χ3v) is 11.4. The van der Waals surface area contributed by atoms with Crippen LogP contribution in [0, 0.1) is 6.92 Å². The predicted molar refractivity (Wildman–Crippen MR) is 224 cm³/mol. The summed E-state index contributed by atoms with van der Waals surface area (Å²) in [7, 11) is -9.34. The number of aromatic carboxylic acids is 2. The largest absolute Gasteiger partial charge is 0.505 e. The summed E-state index contributed by atoms with van der Waals surface area (Å²) in [5.41, 5.74) is -1.53. The summed E-state index contributed by atoms with van der Waals surface area (Å²) in [5, 5.41) is 71.3. The van der Waals surface area contributed by atoms with Gasteiger partial charge in [0.2, 0.25) is 0 Å². The molecule has 0 fully saturated rings. The Balaban J connectivity index is 1.28. The van der Waals surface area contributed by atoms with Crippen molar-refractivity contribution in [3.05, 3.63) is 124 Å². The number of nitrogens with zero attached hydrogens (tertiary/aromatic N) is 7. The third kappa shape index (κ3) is 9.42. The van der Waals surface area contributed by atoms with Crippen LogP contribution in [-0.2, 0) is 29.6 Å². The van der Waals surface area contributed by atoms with Crippen molar-refractivity contribution in [2.24, 2.45) is 30.7 Å². The molecule has 7 rings (SSSR count). The number of aromatic nitrogens is 2. The molecule has 0 aliphatic carbocycles. The van der Waals surface area contributed by atoms with Gasteiger partial charge in [-0.3, -0.25) is 19.0 Å². The monoisotopic (exact) mass is 930 g/mol. The molecule has 326 valence electrons. The number of H-pyrrole nitrogens is 1. The highest BCUT2D eigenvalue weighted by molar-refractivity contribution is 7.94. The molecule has 6 aromatic carbocycles. The number of phenols is 1. The molecule has 0 amide bonds. The summed E-state index contributed by atoms with van der Waals surface area (Å²) in [6.45, 7) is 1.52. The molecule has 0 aliphatic rings. The molecule has 23 nitrogen and oxygen atoms in total. The minimum absolute atomic E-state index is 0.0261. The molecule has 0 spiro atoms. The summed E-state index contributed by atoms with van der Waals surface area (Å²) in [5.74, 6) is -3.35. The third-order valence-electron chi connectivity index (χ3n) is 9.05. The zero-order chi connectivity index (χ0) is 46.1. The van der Waals surface area contributed by atoms with Crippen LogP contribution in [0.25, 0.3) is 27.2 Å². The summed E-state index contributed by atoms with van der Waals surface area (Å²) < 4.78 is 72.5. The van der Waals surface area contributed by atoms with Crippen molar-refractivity contribution < 1.29 is 65.5 Å². The number of azo groups is 3. The quantitative estimate of drug-likeness (QED) is 0.0176. The van der Waals surface area contributed by atoms with Gasteiger partial charge in [0.05, 0.1) is 72.0 Å². The van der Waals surface area contributed by atoms with E-state index in [1.807, 2.05) is 0 Å². The van der Waals surface area contributed by atoms with Gasteiger partial charge in [0.1, 0.15) is 5.69 Å². The van der Waals surface area contributed by atoms with Crippen molar-refractivity contribution in [3.8, 4) is 11.4 Å². The first kappa shape index (κ1) is 44.5. The minimum Gasteiger partial charge on any atom is -0.505 e. The average Bonchev–Trinajstić information content (AvgIpc) is 3.54. The van der Waals surface area contributed by atoms with Gasteiger partial charge in [-0.25, -0.2) is 19.5 Å². The minimum atomic E-state index is -4.77. The lowest BCUT2D eigenvalue weighted by Gasteiger charge is -2.10. The highest BCUT2D eigenvalue weighted by atomic mass is 32.2. The Morgan fingerprint density at radius 2 is 1.30 bits per heavy atom. The van der Waals surface area contributed by atoms with E-state index in [4.69, 9.17) is 5.26 Å². The van der Waals surface area contributed by atoms with Crippen LogP contribution in [0.1, 0.15) is 26.4 Å². The zero-order valence-corrected chi connectivity index (χ0v) is 34.4. The van der Waals surface area contributed by atoms with Gasteiger partial charge < -0.3 is 15.3 Å². The van der Waals surface area contributed by atoms with E-state index in [9.17, 15) is 55.6 Å². The van der Waals surface area contributed by atoms with Crippen molar-refractivity contribution in [3.63, 3.8) is 0 Å². The highest BCUT2D eigenvalue weighted by Gasteiger charge is 2.20. The maximum atomic E-state index is 13.3. The number of carboxylic acid groups (broad SMARTS) is 2. The van der Waals surface area contributed by atoms with Gasteiger partial charge in [-0.15, -0.1) is 24.8 Å². The van der Waals surface area contributed by atoms with E-state index in [0.717, 1.165) is 47.1 Å². The lowest BCUT2D eigenvalue weighted by atomic mass is 10.1. The van der Waals surface area contributed by atoms with Crippen LogP contribution in [0.3, 0.4) is 0 Å². The van der Waals surface area contributed by atoms with Gasteiger partial charge in [0.25, 0.3) is 25.8 Å². The first-order chi connectivity index (χ1) is 30.3. The normalized spacial score (nSPS) is 12.4. The van der Waals surface area contributed by atoms with Gasteiger partial charge in [-0.1, -0.05) is 23.2 Å². The zero-order valence-electron chi connectivity index (χ0n) is 32.0. The Labute approximate surface area is 361 Å². The fourth-order valence-corrected chi connectivity index (χ4v) is 7.62. The fourth-order valence-electron chi connectivity index (χ4n) is 6.09. The molecule has 26 heteroatoms. The molecule has 0 aliphatic heterocycles. The SMILES string of the molecule is Cc1[nH]n(-c2cccc(S(=O)(=O)O)c2)c(=O)c1N=Nc1ccc2cc(SOOO)c(N=Nc3ccc(N=Nc4cc(C(=O)O)cc(C(=O)O)c4)c4ccc(S(=O)(=O)O)cc34)c(O)c2c1. The summed E-state index contributed by atoms with van der Waals surface area (Å²) >= 11 is 0.422. The Morgan fingerprint density at radius 3 is 1.95 bits per heavy atom. The molecule has 7 aromatic rings. The number of carboxylic acids is 2. The molecule has 0 atom stereocenters. The Bertz CT molecular complexity index is 3430. The second-order valence-electron chi connectivity index (χ2n) is 13.2. The number of aromatic hydroxyl groups is 1. The van der Waals surface area contributed by atoms with E-state index in [1.165, 1.54) is 61.5 Å². The number of aryl methyl sites for hydroxylation is 1. The smallest absolute Gasteiger partial charge is 0.335 e. The molecule has 0 unspecified atom stereocenters. The summed E-state index contributed by atoms with van der Waals surface area (Å²) in [6.07, 6.45) is 0.